The number of benzene rings is 3. The van der Waals surface area contributed by atoms with Gasteiger partial charge in [-0.2, -0.15) is 4.31 Å². The standard InChI is InChI=1S/C29H32N4O3S2.ClH/c1-20-17-21(2)27-26(18-20)30-29(37-27)33(16-15-31(3)4)28(34)23-9-11-25(12-10-23)38(35,36)32-14-13-22-7-5-6-8-24(22)19-32;/h5-12,17-18H,13-16,19H2,1-4H3;1H. The highest BCUT2D eigenvalue weighted by molar-refractivity contribution is 7.89. The van der Waals surface area contributed by atoms with E-state index >= 15 is 0 Å². The van der Waals surface area contributed by atoms with Gasteiger partial charge in [0.2, 0.25) is 10.0 Å². The second kappa shape index (κ2) is 11.7. The van der Waals surface area contributed by atoms with Gasteiger partial charge in [-0.25, -0.2) is 13.4 Å². The predicted molar refractivity (Wildman–Crippen MR) is 161 cm³/mol. The Kier molecular flexibility index (Phi) is 8.78. The molecule has 39 heavy (non-hydrogen) atoms. The number of amides is 1. The summed E-state index contributed by atoms with van der Waals surface area (Å²) in [5.74, 6) is -0.198. The van der Waals surface area contributed by atoms with Crippen LogP contribution in [0, 0.1) is 13.8 Å². The van der Waals surface area contributed by atoms with Gasteiger partial charge < -0.3 is 4.90 Å². The summed E-state index contributed by atoms with van der Waals surface area (Å²) in [5.41, 5.74) is 5.81. The normalized spacial score (nSPS) is 13.8. The van der Waals surface area contributed by atoms with Crippen LogP contribution in [0.3, 0.4) is 0 Å². The molecule has 0 N–H and O–H groups in total. The quantitative estimate of drug-likeness (QED) is 0.295. The van der Waals surface area contributed by atoms with Gasteiger partial charge in [0.15, 0.2) is 5.13 Å². The van der Waals surface area contributed by atoms with Crippen LogP contribution < -0.4 is 4.90 Å². The number of sulfonamides is 1. The van der Waals surface area contributed by atoms with Crippen LogP contribution in [0.15, 0.2) is 65.6 Å². The number of aromatic nitrogens is 1. The smallest absolute Gasteiger partial charge is 0.260 e. The summed E-state index contributed by atoms with van der Waals surface area (Å²) < 4.78 is 29.4. The number of carbonyl (C=O) groups is 1. The molecule has 4 aromatic rings. The Balaban J connectivity index is 0.00000353. The highest BCUT2D eigenvalue weighted by Gasteiger charge is 2.29. The van der Waals surface area contributed by atoms with E-state index in [1.165, 1.54) is 21.2 Å². The highest BCUT2D eigenvalue weighted by atomic mass is 35.5. The SMILES string of the molecule is Cc1cc(C)c2sc(N(CCN(C)C)C(=O)c3ccc(S(=O)(=O)N4CCc5ccccc5C4)cc3)nc2c1.Cl. The van der Waals surface area contributed by atoms with Crippen LogP contribution in [0.2, 0.25) is 0 Å². The zero-order chi connectivity index (χ0) is 27.0. The summed E-state index contributed by atoms with van der Waals surface area (Å²) in [6.07, 6.45) is 0.688. The van der Waals surface area contributed by atoms with Gasteiger partial charge in [-0.15, -0.1) is 12.4 Å². The number of likely N-dealkylation sites (N-methyl/N-ethyl adjacent to an activating group) is 1. The summed E-state index contributed by atoms with van der Waals surface area (Å²) in [5, 5.41) is 0.643. The van der Waals surface area contributed by atoms with Gasteiger partial charge >= 0.3 is 0 Å². The van der Waals surface area contributed by atoms with Crippen LogP contribution in [0.25, 0.3) is 10.2 Å². The average Bonchev–Trinajstić information content (AvgIpc) is 3.32. The van der Waals surface area contributed by atoms with Gasteiger partial charge in [0, 0.05) is 31.7 Å². The fourth-order valence-electron chi connectivity index (χ4n) is 4.81. The number of thiazole rings is 1. The molecule has 0 saturated heterocycles. The van der Waals surface area contributed by atoms with Crippen LogP contribution in [0.4, 0.5) is 5.13 Å². The first kappa shape index (κ1) is 29.2. The predicted octanol–water partition coefficient (Wildman–Crippen LogP) is 5.29. The molecular weight excluding hydrogens is 552 g/mol. The molecular formula is C29H33ClN4O3S2. The van der Waals surface area contributed by atoms with E-state index < -0.39 is 10.0 Å². The second-order valence-electron chi connectivity index (χ2n) is 10.1. The van der Waals surface area contributed by atoms with E-state index in [9.17, 15) is 13.2 Å². The molecule has 1 aliphatic rings. The monoisotopic (exact) mass is 584 g/mol. The Labute approximate surface area is 240 Å². The van der Waals surface area contributed by atoms with Crippen LogP contribution >= 0.6 is 23.7 Å². The number of nitrogens with zero attached hydrogens (tertiary/aromatic N) is 4. The summed E-state index contributed by atoms with van der Waals surface area (Å²) in [4.78, 5) is 22.4. The fraction of sp³-hybridized carbons (Fsp3) is 0.310. The third kappa shape index (κ3) is 6.02. The lowest BCUT2D eigenvalue weighted by molar-refractivity contribution is 0.0985. The molecule has 7 nitrogen and oxygen atoms in total. The largest absolute Gasteiger partial charge is 0.308 e. The highest BCUT2D eigenvalue weighted by Crippen LogP contribution is 2.33. The maximum absolute atomic E-state index is 13.7. The molecule has 0 bridgehead atoms. The zero-order valence-corrected chi connectivity index (χ0v) is 25.0. The summed E-state index contributed by atoms with van der Waals surface area (Å²) in [6.45, 7) is 6.03. The molecule has 0 atom stereocenters. The lowest BCUT2D eigenvalue weighted by Crippen LogP contribution is -2.37. The Morgan fingerprint density at radius 2 is 1.69 bits per heavy atom. The third-order valence-electron chi connectivity index (χ3n) is 6.89. The lowest BCUT2D eigenvalue weighted by atomic mass is 10.0. The Morgan fingerprint density at radius 1 is 1.00 bits per heavy atom. The first-order valence-electron chi connectivity index (χ1n) is 12.6. The van der Waals surface area contributed by atoms with Crippen molar-refractivity contribution in [2.45, 2.75) is 31.7 Å². The zero-order valence-electron chi connectivity index (χ0n) is 22.5. The summed E-state index contributed by atoms with van der Waals surface area (Å²) >= 11 is 1.51. The van der Waals surface area contributed by atoms with Crippen molar-refractivity contribution in [3.63, 3.8) is 0 Å². The number of hydrogen-bond donors (Lipinski definition) is 0. The molecule has 10 heteroatoms. The molecule has 0 radical (unpaired) electrons. The molecule has 1 amide bonds. The van der Waals surface area contributed by atoms with Crippen molar-refractivity contribution in [2.24, 2.45) is 0 Å². The van der Waals surface area contributed by atoms with E-state index in [4.69, 9.17) is 4.98 Å². The topological polar surface area (TPSA) is 73.8 Å². The number of halogens is 1. The number of rotatable bonds is 7. The van der Waals surface area contributed by atoms with Gasteiger partial charge in [0.1, 0.15) is 0 Å². The minimum absolute atomic E-state index is 0. The van der Waals surface area contributed by atoms with E-state index in [0.717, 1.165) is 26.9 Å². The van der Waals surface area contributed by atoms with Gasteiger partial charge in [0.05, 0.1) is 15.1 Å². The molecule has 2 heterocycles. The van der Waals surface area contributed by atoms with Gasteiger partial charge in [-0.1, -0.05) is 41.7 Å². The molecule has 206 valence electrons. The third-order valence-corrected chi connectivity index (χ3v) is 9.98. The van der Waals surface area contributed by atoms with Crippen molar-refractivity contribution < 1.29 is 13.2 Å². The van der Waals surface area contributed by atoms with Gasteiger partial charge in [-0.05, 0) is 86.9 Å². The van der Waals surface area contributed by atoms with Crippen LogP contribution in [-0.4, -0.2) is 62.2 Å². The molecule has 5 rings (SSSR count). The molecule has 1 aromatic heterocycles. The molecule has 0 aliphatic carbocycles. The van der Waals surface area contributed by atoms with Crippen LogP contribution in [0.1, 0.15) is 32.6 Å². The number of aryl methyl sites for hydroxylation is 2. The fourth-order valence-corrected chi connectivity index (χ4v) is 7.27. The van der Waals surface area contributed by atoms with Crippen molar-refractivity contribution >= 4 is 55.0 Å². The lowest BCUT2D eigenvalue weighted by Gasteiger charge is -2.28. The van der Waals surface area contributed by atoms with E-state index in [2.05, 4.69) is 19.1 Å². The first-order chi connectivity index (χ1) is 18.1. The molecule has 1 aliphatic heterocycles. The van der Waals surface area contributed by atoms with Crippen LogP contribution in [-0.2, 0) is 23.0 Å². The van der Waals surface area contributed by atoms with E-state index in [0.29, 0.717) is 43.3 Å². The number of anilines is 1. The van der Waals surface area contributed by atoms with Crippen LogP contribution in [0.5, 0.6) is 0 Å². The maximum Gasteiger partial charge on any atom is 0.260 e. The van der Waals surface area contributed by atoms with Crippen molar-refractivity contribution in [3.8, 4) is 0 Å². The Hall–Kier alpha value is -2.82. The average molecular weight is 585 g/mol. The molecule has 0 fully saturated rings. The van der Waals surface area contributed by atoms with Crippen molar-refractivity contribution in [1.82, 2.24) is 14.2 Å². The van der Waals surface area contributed by atoms with Gasteiger partial charge in [-0.3, -0.25) is 9.69 Å². The van der Waals surface area contributed by atoms with Crippen molar-refractivity contribution in [3.05, 3.63) is 88.5 Å². The Morgan fingerprint density at radius 3 is 2.38 bits per heavy atom. The second-order valence-corrected chi connectivity index (χ2v) is 13.0. The van der Waals surface area contributed by atoms with Crippen molar-refractivity contribution in [1.29, 1.82) is 0 Å². The minimum atomic E-state index is -3.68. The van der Waals surface area contributed by atoms with E-state index in [1.807, 2.05) is 50.2 Å². The number of carbonyl (C=O) groups excluding carboxylic acids is 1. The molecule has 0 saturated carbocycles. The first-order valence-corrected chi connectivity index (χ1v) is 14.9. The van der Waals surface area contributed by atoms with E-state index in [-0.39, 0.29) is 23.2 Å². The minimum Gasteiger partial charge on any atom is -0.308 e. The number of fused-ring (bicyclic) bond motifs is 2. The van der Waals surface area contributed by atoms with Gasteiger partial charge in [0.25, 0.3) is 5.91 Å². The molecule has 0 unspecified atom stereocenters. The number of hydrogen-bond acceptors (Lipinski definition) is 6. The maximum atomic E-state index is 13.7. The van der Waals surface area contributed by atoms with Crippen molar-refractivity contribution in [2.75, 3.05) is 38.6 Å². The summed E-state index contributed by atoms with van der Waals surface area (Å²) in [7, 11) is 0.255. The molecule has 3 aromatic carbocycles. The molecule has 0 spiro atoms. The Bertz CT molecular complexity index is 1600. The summed E-state index contributed by atoms with van der Waals surface area (Å²) in [6, 6.07) is 18.4. The van der Waals surface area contributed by atoms with E-state index in [1.54, 1.807) is 29.2 Å².